The van der Waals surface area contributed by atoms with Gasteiger partial charge in [-0.05, 0) is 30.9 Å². The molecule has 1 atom stereocenters. The zero-order chi connectivity index (χ0) is 10.1. The fraction of sp³-hybridized carbons (Fsp3) is 0.455. The number of halogens is 2. The third kappa shape index (κ3) is 1.77. The Balaban J connectivity index is 2.29. The van der Waals surface area contributed by atoms with Gasteiger partial charge in [0.2, 0.25) is 0 Å². The Kier molecular flexibility index (Phi) is 3.01. The Bertz CT molecular complexity index is 314. The van der Waals surface area contributed by atoms with Crippen molar-refractivity contribution >= 4 is 23.2 Å². The van der Waals surface area contributed by atoms with Crippen LogP contribution in [0.25, 0.3) is 0 Å². The van der Waals surface area contributed by atoms with Gasteiger partial charge in [0.15, 0.2) is 0 Å². The molecule has 1 aliphatic rings. The number of aliphatic hydroxyl groups excluding tert-OH is 1. The van der Waals surface area contributed by atoms with Crippen LogP contribution in [0.3, 0.4) is 0 Å². The number of aliphatic hydroxyl groups is 1. The van der Waals surface area contributed by atoms with Gasteiger partial charge < -0.3 is 5.11 Å². The Morgan fingerprint density at radius 2 is 1.79 bits per heavy atom. The fourth-order valence-corrected chi connectivity index (χ4v) is 2.41. The molecule has 76 valence electrons. The number of hydrogen-bond acceptors (Lipinski definition) is 1. The number of hydrogen-bond donors (Lipinski definition) is 1. The quantitative estimate of drug-likeness (QED) is 0.820. The van der Waals surface area contributed by atoms with Gasteiger partial charge in [0.05, 0.1) is 6.10 Å². The van der Waals surface area contributed by atoms with E-state index in [9.17, 15) is 5.11 Å². The van der Waals surface area contributed by atoms with Crippen molar-refractivity contribution in [3.05, 3.63) is 33.8 Å². The maximum atomic E-state index is 10.0. The summed E-state index contributed by atoms with van der Waals surface area (Å²) in [7, 11) is 0. The van der Waals surface area contributed by atoms with Crippen molar-refractivity contribution in [3.8, 4) is 0 Å². The molecule has 0 radical (unpaired) electrons. The van der Waals surface area contributed by atoms with E-state index in [1.165, 1.54) is 6.42 Å². The highest BCUT2D eigenvalue weighted by molar-refractivity contribution is 6.36. The van der Waals surface area contributed by atoms with Crippen molar-refractivity contribution in [2.24, 2.45) is 5.92 Å². The molecular weight excluding hydrogens is 219 g/mol. The molecule has 3 heteroatoms. The largest absolute Gasteiger partial charge is 0.388 e. The average Bonchev–Trinajstić information content (AvgIpc) is 2.00. The molecule has 1 aromatic carbocycles. The van der Waals surface area contributed by atoms with Crippen molar-refractivity contribution in [2.75, 3.05) is 0 Å². The van der Waals surface area contributed by atoms with Crippen LogP contribution in [0.4, 0.5) is 0 Å². The lowest BCUT2D eigenvalue weighted by Gasteiger charge is -2.31. The summed E-state index contributed by atoms with van der Waals surface area (Å²) in [5, 5.41) is 11.2. The van der Waals surface area contributed by atoms with Gasteiger partial charge >= 0.3 is 0 Å². The first-order valence-electron chi connectivity index (χ1n) is 4.82. The van der Waals surface area contributed by atoms with Gasteiger partial charge in [-0.2, -0.15) is 0 Å². The van der Waals surface area contributed by atoms with Crippen molar-refractivity contribution in [1.82, 2.24) is 0 Å². The molecule has 1 unspecified atom stereocenters. The molecule has 1 aromatic rings. The first-order chi connectivity index (χ1) is 6.70. The van der Waals surface area contributed by atoms with Gasteiger partial charge in [0.25, 0.3) is 0 Å². The predicted molar refractivity (Wildman–Crippen MR) is 58.8 cm³/mol. The van der Waals surface area contributed by atoms with Crippen LogP contribution in [0.2, 0.25) is 10.0 Å². The molecule has 1 saturated carbocycles. The van der Waals surface area contributed by atoms with E-state index in [4.69, 9.17) is 23.2 Å². The SMILES string of the molecule is OC(c1c(Cl)cccc1Cl)C1CCC1. The minimum Gasteiger partial charge on any atom is -0.388 e. The highest BCUT2D eigenvalue weighted by Crippen LogP contribution is 2.42. The second-order valence-electron chi connectivity index (χ2n) is 3.77. The van der Waals surface area contributed by atoms with Gasteiger partial charge in [-0.25, -0.2) is 0 Å². The second-order valence-corrected chi connectivity index (χ2v) is 4.59. The van der Waals surface area contributed by atoms with Crippen LogP contribution in [-0.4, -0.2) is 5.11 Å². The maximum Gasteiger partial charge on any atom is 0.0847 e. The van der Waals surface area contributed by atoms with E-state index in [1.54, 1.807) is 18.2 Å². The molecule has 1 nitrogen and oxygen atoms in total. The Labute approximate surface area is 93.7 Å². The Hall–Kier alpha value is -0.240. The summed E-state index contributed by atoms with van der Waals surface area (Å²) in [4.78, 5) is 0. The monoisotopic (exact) mass is 230 g/mol. The summed E-state index contributed by atoms with van der Waals surface area (Å²) in [5.41, 5.74) is 0.695. The highest BCUT2D eigenvalue weighted by Gasteiger charge is 2.29. The van der Waals surface area contributed by atoms with Crippen LogP contribution < -0.4 is 0 Å². The van der Waals surface area contributed by atoms with Crippen LogP contribution in [0.15, 0.2) is 18.2 Å². The molecule has 0 saturated heterocycles. The topological polar surface area (TPSA) is 20.2 Å². The van der Waals surface area contributed by atoms with Crippen LogP contribution >= 0.6 is 23.2 Å². The van der Waals surface area contributed by atoms with Gasteiger partial charge in [-0.15, -0.1) is 0 Å². The third-order valence-corrected chi connectivity index (χ3v) is 3.55. The van der Waals surface area contributed by atoms with Crippen molar-refractivity contribution in [2.45, 2.75) is 25.4 Å². The second kappa shape index (κ2) is 4.09. The van der Waals surface area contributed by atoms with Crippen LogP contribution in [0, 0.1) is 5.92 Å². The zero-order valence-electron chi connectivity index (χ0n) is 7.71. The third-order valence-electron chi connectivity index (χ3n) is 2.89. The summed E-state index contributed by atoms with van der Waals surface area (Å²) in [6.07, 6.45) is 2.85. The van der Waals surface area contributed by atoms with Gasteiger partial charge in [-0.3, -0.25) is 0 Å². The zero-order valence-corrected chi connectivity index (χ0v) is 9.22. The molecular formula is C11H12Cl2O. The Morgan fingerprint density at radius 1 is 1.21 bits per heavy atom. The molecule has 0 bridgehead atoms. The van der Waals surface area contributed by atoms with Crippen LogP contribution in [0.5, 0.6) is 0 Å². The Morgan fingerprint density at radius 3 is 2.21 bits per heavy atom. The summed E-state index contributed by atoms with van der Waals surface area (Å²) < 4.78 is 0. The lowest BCUT2D eigenvalue weighted by atomic mass is 9.79. The van der Waals surface area contributed by atoms with Crippen LogP contribution in [0.1, 0.15) is 30.9 Å². The molecule has 14 heavy (non-hydrogen) atoms. The first kappa shape index (κ1) is 10.3. The molecule has 0 spiro atoms. The lowest BCUT2D eigenvalue weighted by molar-refractivity contribution is 0.0622. The highest BCUT2D eigenvalue weighted by atomic mass is 35.5. The molecule has 0 amide bonds. The van der Waals surface area contributed by atoms with E-state index in [0.29, 0.717) is 21.5 Å². The smallest absolute Gasteiger partial charge is 0.0847 e. The standard InChI is InChI=1S/C11H12Cl2O/c12-8-5-2-6-9(13)10(8)11(14)7-3-1-4-7/h2,5-7,11,14H,1,3-4H2. The van der Waals surface area contributed by atoms with E-state index in [-0.39, 0.29) is 0 Å². The molecule has 0 aromatic heterocycles. The maximum absolute atomic E-state index is 10.0. The minimum atomic E-state index is -0.495. The van der Waals surface area contributed by atoms with E-state index in [1.807, 2.05) is 0 Å². The molecule has 2 rings (SSSR count). The fourth-order valence-electron chi connectivity index (χ4n) is 1.78. The average molecular weight is 231 g/mol. The van der Waals surface area contributed by atoms with E-state index >= 15 is 0 Å². The van der Waals surface area contributed by atoms with Gasteiger partial charge in [-0.1, -0.05) is 35.7 Å². The molecule has 1 fully saturated rings. The minimum absolute atomic E-state index is 0.340. The molecule has 1 aliphatic carbocycles. The van der Waals surface area contributed by atoms with E-state index < -0.39 is 6.10 Å². The van der Waals surface area contributed by atoms with Crippen molar-refractivity contribution < 1.29 is 5.11 Å². The first-order valence-corrected chi connectivity index (χ1v) is 5.57. The summed E-state index contributed by atoms with van der Waals surface area (Å²) in [6.45, 7) is 0. The summed E-state index contributed by atoms with van der Waals surface area (Å²) >= 11 is 12.0. The van der Waals surface area contributed by atoms with Crippen LogP contribution in [-0.2, 0) is 0 Å². The predicted octanol–water partition coefficient (Wildman–Crippen LogP) is 3.83. The van der Waals surface area contributed by atoms with E-state index in [0.717, 1.165) is 12.8 Å². The lowest BCUT2D eigenvalue weighted by Crippen LogP contribution is -2.20. The van der Waals surface area contributed by atoms with Crippen molar-refractivity contribution in [1.29, 1.82) is 0 Å². The van der Waals surface area contributed by atoms with Gasteiger partial charge in [0, 0.05) is 15.6 Å². The van der Waals surface area contributed by atoms with E-state index in [2.05, 4.69) is 0 Å². The molecule has 0 aliphatic heterocycles. The summed E-state index contributed by atoms with van der Waals surface area (Å²) in [6, 6.07) is 5.33. The molecule has 0 heterocycles. The number of rotatable bonds is 2. The summed E-state index contributed by atoms with van der Waals surface area (Å²) in [5.74, 6) is 0.340. The molecule has 1 N–H and O–H groups in total. The normalized spacial score (nSPS) is 19.1. The number of benzene rings is 1. The van der Waals surface area contributed by atoms with Crippen molar-refractivity contribution in [3.63, 3.8) is 0 Å². The van der Waals surface area contributed by atoms with Gasteiger partial charge in [0.1, 0.15) is 0 Å².